The van der Waals surface area contributed by atoms with E-state index >= 15 is 0 Å². The van der Waals surface area contributed by atoms with E-state index in [0.717, 1.165) is 0 Å². The maximum atomic E-state index is 12.3. The molecule has 3 rings (SSSR count). The lowest BCUT2D eigenvalue weighted by molar-refractivity contribution is -0.120. The molecule has 0 unspecified atom stereocenters. The maximum Gasteiger partial charge on any atom is 0.526 e. The number of ketones is 1. The molecule has 1 aliphatic heterocycles. The van der Waals surface area contributed by atoms with Crippen molar-refractivity contribution in [1.82, 2.24) is 15.0 Å². The molecule has 9 nitrogen and oxygen atoms in total. The highest BCUT2D eigenvalue weighted by Crippen LogP contribution is 2.36. The first-order valence-electron chi connectivity index (χ1n) is 7.90. The van der Waals surface area contributed by atoms with Gasteiger partial charge in [0, 0.05) is 18.8 Å². The number of aromatic nitrogens is 3. The minimum atomic E-state index is -1.28. The van der Waals surface area contributed by atoms with Gasteiger partial charge in [-0.15, -0.1) is 5.10 Å². The van der Waals surface area contributed by atoms with Crippen LogP contribution in [0.3, 0.4) is 0 Å². The fourth-order valence-corrected chi connectivity index (χ4v) is 3.12. The molecule has 0 spiro atoms. The molecule has 0 saturated carbocycles. The van der Waals surface area contributed by atoms with Crippen molar-refractivity contribution in [2.24, 2.45) is 5.73 Å². The fraction of sp³-hybridized carbons (Fsp3) is 0.333. The van der Waals surface area contributed by atoms with Crippen LogP contribution in [-0.2, 0) is 24.3 Å². The molecule has 2 heterocycles. The van der Waals surface area contributed by atoms with E-state index in [2.05, 4.69) is 10.3 Å². The minimum absolute atomic E-state index is 0.0185. The highest BCUT2D eigenvalue weighted by molar-refractivity contribution is 6.47. The van der Waals surface area contributed by atoms with Gasteiger partial charge in [0.2, 0.25) is 0 Å². The second kappa shape index (κ2) is 7.44. The molecule has 0 radical (unpaired) electrons. The van der Waals surface area contributed by atoms with E-state index in [1.165, 1.54) is 10.7 Å². The Hall–Kier alpha value is -2.43. The van der Waals surface area contributed by atoms with E-state index in [4.69, 9.17) is 22.0 Å². The van der Waals surface area contributed by atoms with Crippen molar-refractivity contribution in [3.63, 3.8) is 0 Å². The average molecular weight is 379 g/mol. The van der Waals surface area contributed by atoms with Gasteiger partial charge < -0.3 is 20.5 Å². The molecule has 1 aromatic heterocycles. The van der Waals surface area contributed by atoms with Crippen molar-refractivity contribution in [3.05, 3.63) is 40.2 Å². The Labute approximate surface area is 153 Å². The van der Waals surface area contributed by atoms with Gasteiger partial charge in [-0.25, -0.2) is 9.48 Å². The zero-order valence-corrected chi connectivity index (χ0v) is 14.4. The number of benzene rings is 1. The number of carboxylic acid groups (broad SMARTS) is 1. The number of nitrogens with zero attached hydrogens (tertiary/aromatic N) is 3. The lowest BCUT2D eigenvalue weighted by atomic mass is 9.64. The van der Waals surface area contributed by atoms with Gasteiger partial charge in [-0.3, -0.25) is 4.79 Å². The van der Waals surface area contributed by atoms with E-state index in [1.54, 1.807) is 12.1 Å². The van der Waals surface area contributed by atoms with Crippen LogP contribution in [0.4, 0.5) is 0 Å². The second-order valence-electron chi connectivity index (χ2n) is 6.00. The van der Waals surface area contributed by atoms with Crippen molar-refractivity contribution >= 4 is 30.5 Å². The van der Waals surface area contributed by atoms with E-state index < -0.39 is 18.9 Å². The van der Waals surface area contributed by atoms with E-state index in [0.29, 0.717) is 17.7 Å². The molecule has 0 fully saturated rings. The van der Waals surface area contributed by atoms with Gasteiger partial charge in [0.15, 0.2) is 10.9 Å². The van der Waals surface area contributed by atoms with Gasteiger partial charge in [-0.1, -0.05) is 28.9 Å². The molecule has 4 N–H and O–H groups in total. The Morgan fingerprint density at radius 1 is 1.46 bits per heavy atom. The molecule has 0 aliphatic carbocycles. The summed E-state index contributed by atoms with van der Waals surface area (Å²) in [6.45, 7) is 0.0158. The Morgan fingerprint density at radius 2 is 2.23 bits per heavy atom. The van der Waals surface area contributed by atoms with Crippen molar-refractivity contribution in [2.45, 2.75) is 31.7 Å². The van der Waals surface area contributed by atoms with Crippen LogP contribution in [0.25, 0.3) is 0 Å². The van der Waals surface area contributed by atoms with Gasteiger partial charge in [-0.2, -0.15) is 0 Å². The van der Waals surface area contributed by atoms with Gasteiger partial charge in [0.25, 0.3) is 0 Å². The number of hydrogen-bond acceptors (Lipinski definition) is 7. The second-order valence-corrected chi connectivity index (χ2v) is 6.36. The molecule has 11 heteroatoms. The standard InChI is InChI=1S/C15H16BClN4O5/c17-14-12(6-18)19-20-21(14)7-10(22)5-9-4-8-2-1-3-11(15(23)24)13(8)26-16(9)25/h1-3,9,25H,4-7,18H2,(H,23,24)/t9-/m1/s1. The van der Waals surface area contributed by atoms with Crippen molar-refractivity contribution < 1.29 is 24.4 Å². The van der Waals surface area contributed by atoms with E-state index in [-0.39, 0.29) is 41.8 Å². The summed E-state index contributed by atoms with van der Waals surface area (Å²) in [5, 5.41) is 27.2. The summed E-state index contributed by atoms with van der Waals surface area (Å²) >= 11 is 6.03. The van der Waals surface area contributed by atoms with Crippen LogP contribution in [0.2, 0.25) is 11.0 Å². The first-order valence-corrected chi connectivity index (χ1v) is 8.28. The average Bonchev–Trinajstić information content (AvgIpc) is 2.94. The molecule has 0 saturated heterocycles. The summed E-state index contributed by atoms with van der Waals surface area (Å²) in [5.74, 6) is -1.72. The molecule has 136 valence electrons. The first-order chi connectivity index (χ1) is 12.4. The summed E-state index contributed by atoms with van der Waals surface area (Å²) in [7, 11) is -1.28. The van der Waals surface area contributed by atoms with Crippen LogP contribution < -0.4 is 10.4 Å². The molecule has 26 heavy (non-hydrogen) atoms. The number of carboxylic acids is 1. The topological polar surface area (TPSA) is 141 Å². The smallest absolute Gasteiger partial charge is 0.526 e. The predicted molar refractivity (Wildman–Crippen MR) is 92.0 cm³/mol. The molecular formula is C15H16BClN4O5. The Morgan fingerprint density at radius 3 is 2.88 bits per heavy atom. The number of rotatable bonds is 6. The van der Waals surface area contributed by atoms with Crippen LogP contribution in [0.15, 0.2) is 18.2 Å². The number of hydrogen-bond donors (Lipinski definition) is 3. The number of Topliss-reactive ketones (excluding diaryl/α,β-unsaturated/α-hetero) is 1. The highest BCUT2D eigenvalue weighted by atomic mass is 35.5. The van der Waals surface area contributed by atoms with Gasteiger partial charge >= 0.3 is 13.1 Å². The third kappa shape index (κ3) is 3.57. The van der Waals surface area contributed by atoms with Gasteiger partial charge in [0.05, 0.1) is 5.56 Å². The van der Waals surface area contributed by atoms with E-state index in [9.17, 15) is 19.7 Å². The normalized spacial score (nSPS) is 16.1. The first kappa shape index (κ1) is 18.4. The largest absolute Gasteiger partial charge is 0.535 e. The van der Waals surface area contributed by atoms with Crippen molar-refractivity contribution in [2.75, 3.05) is 0 Å². The number of carbonyl (C=O) groups excluding carboxylic acids is 1. The van der Waals surface area contributed by atoms with Crippen molar-refractivity contribution in [3.8, 4) is 5.75 Å². The van der Waals surface area contributed by atoms with Crippen molar-refractivity contribution in [1.29, 1.82) is 0 Å². The number of nitrogens with two attached hydrogens (primary N) is 1. The van der Waals surface area contributed by atoms with E-state index in [1.807, 2.05) is 0 Å². The summed E-state index contributed by atoms with van der Waals surface area (Å²) in [5.41, 5.74) is 6.48. The number of para-hydroxylation sites is 1. The summed E-state index contributed by atoms with van der Waals surface area (Å²) in [6.07, 6.45) is 0.342. The molecule has 2 aromatic rings. The fourth-order valence-electron chi connectivity index (χ4n) is 2.91. The minimum Gasteiger partial charge on any atom is -0.535 e. The Kier molecular flexibility index (Phi) is 5.26. The molecule has 1 aromatic carbocycles. The Balaban J connectivity index is 1.71. The maximum absolute atomic E-state index is 12.3. The predicted octanol–water partition coefficient (Wildman–Crippen LogP) is 0.533. The quantitative estimate of drug-likeness (QED) is 0.618. The third-order valence-corrected chi connectivity index (χ3v) is 4.61. The van der Waals surface area contributed by atoms with Gasteiger partial charge in [0.1, 0.15) is 18.0 Å². The molecular weight excluding hydrogens is 362 g/mol. The van der Waals surface area contributed by atoms with Gasteiger partial charge in [-0.05, 0) is 18.1 Å². The number of carbonyl (C=O) groups is 2. The summed E-state index contributed by atoms with van der Waals surface area (Å²) in [4.78, 5) is 23.6. The lowest BCUT2D eigenvalue weighted by Gasteiger charge is -2.28. The van der Waals surface area contributed by atoms with Crippen LogP contribution in [0.5, 0.6) is 5.75 Å². The molecule has 1 atom stereocenters. The zero-order chi connectivity index (χ0) is 18.8. The summed E-state index contributed by atoms with van der Waals surface area (Å²) < 4.78 is 6.63. The van der Waals surface area contributed by atoms with Crippen LogP contribution in [0.1, 0.15) is 28.0 Å². The zero-order valence-electron chi connectivity index (χ0n) is 13.6. The molecule has 1 aliphatic rings. The SMILES string of the molecule is NCc1nnn(CC(=O)C[C@H]2Cc3cccc(C(=O)O)c3OB2O)c1Cl. The van der Waals surface area contributed by atoms with Crippen LogP contribution in [-0.4, -0.2) is 44.0 Å². The monoisotopic (exact) mass is 378 g/mol. The number of halogens is 1. The third-order valence-electron chi connectivity index (χ3n) is 4.20. The molecule has 0 amide bonds. The highest BCUT2D eigenvalue weighted by Gasteiger charge is 2.37. The Bertz CT molecular complexity index is 859. The number of fused-ring (bicyclic) bond motifs is 1. The number of aromatic carboxylic acids is 1. The molecule has 0 bridgehead atoms. The van der Waals surface area contributed by atoms with Crippen LogP contribution in [0, 0.1) is 0 Å². The van der Waals surface area contributed by atoms with Crippen LogP contribution >= 0.6 is 11.6 Å². The summed E-state index contributed by atoms with van der Waals surface area (Å²) in [6, 6.07) is 4.72. The lowest BCUT2D eigenvalue weighted by Crippen LogP contribution is -2.36.